The summed E-state index contributed by atoms with van der Waals surface area (Å²) in [6.45, 7) is 12.4. The minimum absolute atomic E-state index is 0.183. The van der Waals surface area contributed by atoms with E-state index in [0.29, 0.717) is 24.9 Å². The Morgan fingerprint density at radius 2 is 1.67 bits per heavy atom. The number of rotatable bonds is 5. The number of hydrogen-bond donors (Lipinski definition) is 3. The molecule has 0 saturated heterocycles. The van der Waals surface area contributed by atoms with Gasteiger partial charge in [0.05, 0.1) is 6.54 Å². The van der Waals surface area contributed by atoms with Crippen molar-refractivity contribution in [3.8, 4) is 5.75 Å². The number of benzene rings is 1. The van der Waals surface area contributed by atoms with Gasteiger partial charge in [0.25, 0.3) is 5.91 Å². The number of carbonyl (C=O) groups excluding carboxylic acids is 2. The van der Waals surface area contributed by atoms with Crippen LogP contribution < -0.4 is 10.6 Å². The minimum Gasteiger partial charge on any atom is -0.507 e. The molecule has 1 aromatic heterocycles. The molecule has 162 valence electrons. The summed E-state index contributed by atoms with van der Waals surface area (Å²) in [5.41, 5.74) is 0.375. The second kappa shape index (κ2) is 7.69. The molecule has 0 radical (unpaired) electrons. The molecule has 1 fully saturated rings. The third kappa shape index (κ3) is 4.67. The van der Waals surface area contributed by atoms with E-state index in [9.17, 15) is 14.7 Å². The van der Waals surface area contributed by atoms with Crippen LogP contribution in [0.25, 0.3) is 0 Å². The fraction of sp³-hybridized carbons (Fsp3) is 0.522. The van der Waals surface area contributed by atoms with Gasteiger partial charge in [0, 0.05) is 28.3 Å². The van der Waals surface area contributed by atoms with Crippen LogP contribution >= 0.6 is 11.3 Å². The van der Waals surface area contributed by atoms with Crippen molar-refractivity contribution < 1.29 is 14.7 Å². The third-order valence-corrected chi connectivity index (χ3v) is 6.19. The number of carbonyl (C=O) groups is 2. The summed E-state index contributed by atoms with van der Waals surface area (Å²) in [4.78, 5) is 30.0. The molecule has 0 aliphatic heterocycles. The summed E-state index contributed by atoms with van der Waals surface area (Å²) in [7, 11) is 0. The molecule has 3 N–H and O–H groups in total. The Kier molecular flexibility index (Phi) is 5.71. The molecule has 1 aliphatic carbocycles. The maximum absolute atomic E-state index is 13.1. The van der Waals surface area contributed by atoms with Gasteiger partial charge < -0.3 is 15.7 Å². The van der Waals surface area contributed by atoms with E-state index in [0.717, 1.165) is 16.1 Å². The molecule has 0 unspecified atom stereocenters. The van der Waals surface area contributed by atoms with E-state index in [1.807, 2.05) is 46.9 Å². The van der Waals surface area contributed by atoms with Crippen molar-refractivity contribution in [2.45, 2.75) is 77.3 Å². The summed E-state index contributed by atoms with van der Waals surface area (Å²) in [5.74, 6) is -0.251. The highest BCUT2D eigenvalue weighted by molar-refractivity contribution is 7.09. The molecule has 2 aromatic rings. The van der Waals surface area contributed by atoms with Gasteiger partial charge in [0.2, 0.25) is 5.91 Å². The quantitative estimate of drug-likeness (QED) is 0.669. The first-order valence-corrected chi connectivity index (χ1v) is 11.1. The maximum Gasteiger partial charge on any atom is 0.252 e. The molecule has 0 spiro atoms. The van der Waals surface area contributed by atoms with Crippen LogP contribution in [0.2, 0.25) is 0 Å². The van der Waals surface area contributed by atoms with Crippen molar-refractivity contribution >= 4 is 23.2 Å². The Morgan fingerprint density at radius 3 is 2.10 bits per heavy atom. The fourth-order valence-corrected chi connectivity index (χ4v) is 3.95. The van der Waals surface area contributed by atoms with Crippen LogP contribution in [0.5, 0.6) is 5.75 Å². The van der Waals surface area contributed by atoms with Crippen molar-refractivity contribution in [3.05, 3.63) is 45.4 Å². The van der Waals surface area contributed by atoms with Crippen molar-refractivity contribution in [2.24, 2.45) is 0 Å². The second-order valence-corrected chi connectivity index (χ2v) is 11.0. The molecular formula is C23H31N3O3S. The molecule has 6 nitrogen and oxygen atoms in total. The average molecular weight is 430 g/mol. The molecule has 1 heterocycles. The first-order chi connectivity index (χ1) is 13.8. The standard InChI is InChI=1S/C23H31N3O3S/c1-21(2,3)15-11-14(12-16(18(15)27)22(4,5)6)19(28)26-23(7-8-23)20(29)25-13-17-24-9-10-30-17/h9-12,27H,7-8,13H2,1-6H3,(H,25,29)(H,26,28). The predicted octanol–water partition coefficient (Wildman–Crippen LogP) is 4.02. The normalized spacial score (nSPS) is 15.5. The number of hydrogen-bond acceptors (Lipinski definition) is 5. The smallest absolute Gasteiger partial charge is 0.252 e. The molecule has 1 saturated carbocycles. The van der Waals surface area contributed by atoms with E-state index in [1.54, 1.807) is 18.3 Å². The highest BCUT2D eigenvalue weighted by Crippen LogP contribution is 2.41. The Bertz CT molecular complexity index is 914. The van der Waals surface area contributed by atoms with Crippen LogP contribution in [-0.4, -0.2) is 27.4 Å². The second-order valence-electron chi connectivity index (χ2n) is 10.1. The number of nitrogens with one attached hydrogen (secondary N) is 2. The van der Waals surface area contributed by atoms with Gasteiger partial charge in [-0.3, -0.25) is 9.59 Å². The predicted molar refractivity (Wildman–Crippen MR) is 119 cm³/mol. The Balaban J connectivity index is 1.83. The number of phenolic OH excluding ortho intramolecular Hbond substituents is 1. The van der Waals surface area contributed by atoms with Crippen molar-refractivity contribution in [1.82, 2.24) is 15.6 Å². The van der Waals surface area contributed by atoms with E-state index in [4.69, 9.17) is 0 Å². The molecule has 2 amide bonds. The number of aromatic hydroxyl groups is 1. The highest BCUT2D eigenvalue weighted by Gasteiger charge is 2.51. The van der Waals surface area contributed by atoms with E-state index in [-0.39, 0.29) is 28.4 Å². The number of amides is 2. The Morgan fingerprint density at radius 1 is 1.10 bits per heavy atom. The Hall–Kier alpha value is -2.41. The molecular weight excluding hydrogens is 398 g/mol. The summed E-state index contributed by atoms with van der Waals surface area (Å²) < 4.78 is 0. The van der Waals surface area contributed by atoms with Crippen LogP contribution in [0, 0.1) is 0 Å². The van der Waals surface area contributed by atoms with Crippen molar-refractivity contribution in [3.63, 3.8) is 0 Å². The zero-order valence-electron chi connectivity index (χ0n) is 18.5. The lowest BCUT2D eigenvalue weighted by atomic mass is 9.78. The molecule has 0 atom stereocenters. The number of nitrogens with zero attached hydrogens (tertiary/aromatic N) is 1. The molecule has 30 heavy (non-hydrogen) atoms. The van der Waals surface area contributed by atoms with Gasteiger partial charge in [-0.1, -0.05) is 41.5 Å². The first-order valence-electron chi connectivity index (χ1n) is 10.2. The topological polar surface area (TPSA) is 91.3 Å². The van der Waals surface area contributed by atoms with Gasteiger partial charge in [-0.15, -0.1) is 11.3 Å². The lowest BCUT2D eigenvalue weighted by Crippen LogP contribution is -2.48. The molecule has 0 bridgehead atoms. The van der Waals surface area contributed by atoms with Gasteiger partial charge in [-0.2, -0.15) is 0 Å². The minimum atomic E-state index is -0.865. The summed E-state index contributed by atoms with van der Waals surface area (Å²) in [5, 5.41) is 19.4. The van der Waals surface area contributed by atoms with Crippen LogP contribution in [0.15, 0.2) is 23.7 Å². The van der Waals surface area contributed by atoms with Crippen LogP contribution in [0.1, 0.15) is 80.9 Å². The van der Waals surface area contributed by atoms with Gasteiger partial charge in [-0.25, -0.2) is 4.98 Å². The highest BCUT2D eigenvalue weighted by atomic mass is 32.1. The third-order valence-electron chi connectivity index (χ3n) is 5.41. The average Bonchev–Trinajstić information content (AvgIpc) is 3.22. The molecule has 1 aromatic carbocycles. The van der Waals surface area contributed by atoms with E-state index in [2.05, 4.69) is 15.6 Å². The molecule has 3 rings (SSSR count). The lowest BCUT2D eigenvalue weighted by Gasteiger charge is -2.28. The van der Waals surface area contributed by atoms with Crippen molar-refractivity contribution in [2.75, 3.05) is 0 Å². The number of thiazole rings is 1. The fourth-order valence-electron chi connectivity index (χ4n) is 3.40. The lowest BCUT2D eigenvalue weighted by molar-refractivity contribution is -0.124. The monoisotopic (exact) mass is 429 g/mol. The SMILES string of the molecule is CC(C)(C)c1cc(C(=O)NC2(C(=O)NCc3nccs3)CC2)cc(C(C)(C)C)c1O. The van der Waals surface area contributed by atoms with Gasteiger partial charge in [0.15, 0.2) is 0 Å². The van der Waals surface area contributed by atoms with Crippen molar-refractivity contribution in [1.29, 1.82) is 0 Å². The zero-order chi connectivity index (χ0) is 22.3. The van der Waals surface area contributed by atoms with Gasteiger partial charge >= 0.3 is 0 Å². The maximum atomic E-state index is 13.1. The Labute approximate surface area is 182 Å². The molecule has 7 heteroatoms. The van der Waals surface area contributed by atoms with E-state index in [1.165, 1.54) is 11.3 Å². The number of phenols is 1. The van der Waals surface area contributed by atoms with Gasteiger partial charge in [-0.05, 0) is 35.8 Å². The van der Waals surface area contributed by atoms with E-state index >= 15 is 0 Å². The van der Waals surface area contributed by atoms with Crippen LogP contribution in [0.3, 0.4) is 0 Å². The summed E-state index contributed by atoms with van der Waals surface area (Å²) >= 11 is 1.48. The largest absolute Gasteiger partial charge is 0.507 e. The first kappa shape index (κ1) is 22.3. The van der Waals surface area contributed by atoms with Gasteiger partial charge in [0.1, 0.15) is 16.3 Å². The summed E-state index contributed by atoms with van der Waals surface area (Å²) in [6.07, 6.45) is 2.92. The molecule has 1 aliphatic rings. The summed E-state index contributed by atoms with van der Waals surface area (Å²) in [6, 6.07) is 3.48. The van der Waals surface area contributed by atoms with Crippen LogP contribution in [0.4, 0.5) is 0 Å². The zero-order valence-corrected chi connectivity index (χ0v) is 19.4. The van der Waals surface area contributed by atoms with Crippen LogP contribution in [-0.2, 0) is 22.2 Å². The van der Waals surface area contributed by atoms with E-state index < -0.39 is 5.54 Å². The number of aromatic nitrogens is 1.